The summed E-state index contributed by atoms with van der Waals surface area (Å²) in [6.45, 7) is 6.30. The molecule has 1 aliphatic carbocycles. The third kappa shape index (κ3) is 2.92. The maximum Gasteiger partial charge on any atom is 0.251 e. The van der Waals surface area contributed by atoms with Crippen molar-refractivity contribution in [1.29, 1.82) is 0 Å². The lowest BCUT2D eigenvalue weighted by Crippen LogP contribution is -2.36. The lowest BCUT2D eigenvalue weighted by molar-refractivity contribution is 0.0930. The van der Waals surface area contributed by atoms with Gasteiger partial charge >= 0.3 is 0 Å². The van der Waals surface area contributed by atoms with Crippen molar-refractivity contribution in [2.75, 3.05) is 0 Å². The summed E-state index contributed by atoms with van der Waals surface area (Å²) in [7, 11) is 0. The summed E-state index contributed by atoms with van der Waals surface area (Å²) >= 11 is 0. The Balaban J connectivity index is 2.11. The van der Waals surface area contributed by atoms with Crippen molar-refractivity contribution in [3.63, 3.8) is 0 Å². The molecule has 1 aliphatic rings. The van der Waals surface area contributed by atoms with Crippen molar-refractivity contribution in [3.05, 3.63) is 34.9 Å². The van der Waals surface area contributed by atoms with E-state index in [2.05, 4.69) is 38.2 Å². The Morgan fingerprint density at radius 3 is 2.44 bits per heavy atom. The molecule has 1 atom stereocenters. The van der Waals surface area contributed by atoms with Gasteiger partial charge in [0.15, 0.2) is 0 Å². The number of carbonyl (C=O) groups is 1. The molecule has 2 heteroatoms. The molecule has 98 valence electrons. The van der Waals surface area contributed by atoms with Crippen LogP contribution in [0.2, 0.25) is 0 Å². The molecule has 1 amide bonds. The van der Waals surface area contributed by atoms with Gasteiger partial charge in [-0.25, -0.2) is 0 Å². The Hall–Kier alpha value is -1.31. The summed E-state index contributed by atoms with van der Waals surface area (Å²) < 4.78 is 0. The van der Waals surface area contributed by atoms with Gasteiger partial charge in [0.25, 0.3) is 5.91 Å². The highest BCUT2D eigenvalue weighted by molar-refractivity contribution is 5.94. The molecule has 0 fully saturated rings. The Bertz CT molecular complexity index is 437. The molecule has 18 heavy (non-hydrogen) atoms. The molecule has 0 heterocycles. The number of benzene rings is 1. The van der Waals surface area contributed by atoms with Crippen LogP contribution in [0.15, 0.2) is 18.2 Å². The molecule has 0 spiro atoms. The lowest BCUT2D eigenvalue weighted by atomic mass is 9.90. The molecule has 0 bridgehead atoms. The summed E-state index contributed by atoms with van der Waals surface area (Å²) in [6.07, 6.45) is 4.82. The van der Waals surface area contributed by atoms with E-state index in [-0.39, 0.29) is 11.9 Å². The van der Waals surface area contributed by atoms with E-state index in [9.17, 15) is 4.79 Å². The topological polar surface area (TPSA) is 29.1 Å². The van der Waals surface area contributed by atoms with Crippen LogP contribution in [0.4, 0.5) is 0 Å². The number of hydrogen-bond donors (Lipinski definition) is 1. The molecule has 0 aliphatic heterocycles. The van der Waals surface area contributed by atoms with Gasteiger partial charge in [-0.1, -0.05) is 19.9 Å². The minimum Gasteiger partial charge on any atom is -0.349 e. The van der Waals surface area contributed by atoms with Crippen molar-refractivity contribution in [2.45, 2.75) is 52.5 Å². The van der Waals surface area contributed by atoms with Gasteiger partial charge in [-0.15, -0.1) is 0 Å². The molecule has 1 aromatic carbocycles. The first-order valence-corrected chi connectivity index (χ1v) is 7.00. The fourth-order valence-corrected chi connectivity index (χ4v) is 2.33. The predicted molar refractivity (Wildman–Crippen MR) is 74.9 cm³/mol. The molecule has 1 N–H and O–H groups in total. The van der Waals surface area contributed by atoms with Crippen molar-refractivity contribution >= 4 is 5.91 Å². The average Bonchev–Trinajstić information content (AvgIpc) is 2.37. The number of nitrogens with one attached hydrogen (secondary N) is 1. The third-order valence-electron chi connectivity index (χ3n) is 3.97. The van der Waals surface area contributed by atoms with Crippen LogP contribution in [0.25, 0.3) is 0 Å². The molecular formula is C16H23NO. The predicted octanol–water partition coefficient (Wildman–Crippen LogP) is 3.34. The second-order valence-corrected chi connectivity index (χ2v) is 5.70. The van der Waals surface area contributed by atoms with E-state index in [4.69, 9.17) is 0 Å². The highest BCUT2D eigenvalue weighted by Gasteiger charge is 2.15. The standard InChI is InChI=1S/C16H23NO/c1-11(2)12(3)17-16(18)15-9-8-13-6-4-5-7-14(13)10-15/h8-12H,4-7H2,1-3H3,(H,17,18)/t12-/m0/s1. The normalized spacial score (nSPS) is 16.2. The number of rotatable bonds is 3. The molecule has 0 saturated carbocycles. The molecule has 0 aromatic heterocycles. The highest BCUT2D eigenvalue weighted by atomic mass is 16.1. The largest absolute Gasteiger partial charge is 0.349 e. The second kappa shape index (κ2) is 5.55. The van der Waals surface area contributed by atoms with Crippen molar-refractivity contribution in [2.24, 2.45) is 5.92 Å². The summed E-state index contributed by atoms with van der Waals surface area (Å²) in [4.78, 5) is 12.1. The summed E-state index contributed by atoms with van der Waals surface area (Å²) in [6, 6.07) is 6.39. The summed E-state index contributed by atoms with van der Waals surface area (Å²) in [5.41, 5.74) is 3.60. The van der Waals surface area contributed by atoms with Crippen LogP contribution in [-0.2, 0) is 12.8 Å². The van der Waals surface area contributed by atoms with E-state index in [1.54, 1.807) is 0 Å². The Morgan fingerprint density at radius 2 is 1.78 bits per heavy atom. The monoisotopic (exact) mass is 245 g/mol. The van der Waals surface area contributed by atoms with Crippen LogP contribution in [0.3, 0.4) is 0 Å². The zero-order chi connectivity index (χ0) is 13.1. The van der Waals surface area contributed by atoms with E-state index in [0.717, 1.165) is 12.0 Å². The molecule has 0 unspecified atom stereocenters. The first-order valence-electron chi connectivity index (χ1n) is 7.00. The van der Waals surface area contributed by atoms with E-state index >= 15 is 0 Å². The maximum atomic E-state index is 12.1. The minimum atomic E-state index is 0.0598. The van der Waals surface area contributed by atoms with Crippen molar-refractivity contribution in [3.8, 4) is 0 Å². The van der Waals surface area contributed by atoms with Crippen LogP contribution in [0.1, 0.15) is 55.1 Å². The Kier molecular flexibility index (Phi) is 4.05. The molecule has 1 aromatic rings. The van der Waals surface area contributed by atoms with Crippen LogP contribution in [-0.4, -0.2) is 11.9 Å². The van der Waals surface area contributed by atoms with Crippen LogP contribution in [0.5, 0.6) is 0 Å². The SMILES string of the molecule is CC(C)[C@H](C)NC(=O)c1ccc2c(c1)CCCC2. The van der Waals surface area contributed by atoms with Crippen molar-refractivity contribution in [1.82, 2.24) is 5.32 Å². The molecule has 2 rings (SSSR count). The van der Waals surface area contributed by atoms with Gasteiger partial charge in [0, 0.05) is 11.6 Å². The number of fused-ring (bicyclic) bond motifs is 1. The Morgan fingerprint density at radius 1 is 1.11 bits per heavy atom. The molecular weight excluding hydrogens is 222 g/mol. The van der Waals surface area contributed by atoms with Gasteiger partial charge in [-0.05, 0) is 61.8 Å². The van der Waals surface area contributed by atoms with Crippen LogP contribution in [0, 0.1) is 5.92 Å². The highest BCUT2D eigenvalue weighted by Crippen LogP contribution is 2.22. The van der Waals surface area contributed by atoms with Crippen LogP contribution >= 0.6 is 0 Å². The zero-order valence-electron chi connectivity index (χ0n) is 11.6. The number of amides is 1. The Labute approximate surface area is 110 Å². The quantitative estimate of drug-likeness (QED) is 0.869. The number of hydrogen-bond acceptors (Lipinski definition) is 1. The first-order chi connectivity index (χ1) is 8.58. The second-order valence-electron chi connectivity index (χ2n) is 5.70. The van der Waals surface area contributed by atoms with Gasteiger partial charge in [0.1, 0.15) is 0 Å². The minimum absolute atomic E-state index is 0.0598. The molecule has 0 saturated heterocycles. The molecule has 0 radical (unpaired) electrons. The van der Waals surface area contributed by atoms with E-state index in [0.29, 0.717) is 5.92 Å². The fraction of sp³-hybridized carbons (Fsp3) is 0.562. The fourth-order valence-electron chi connectivity index (χ4n) is 2.33. The number of aryl methyl sites for hydroxylation is 2. The third-order valence-corrected chi connectivity index (χ3v) is 3.97. The van der Waals surface area contributed by atoms with Crippen LogP contribution < -0.4 is 5.32 Å². The van der Waals surface area contributed by atoms with Gasteiger partial charge in [0.05, 0.1) is 0 Å². The molecule has 2 nitrogen and oxygen atoms in total. The summed E-state index contributed by atoms with van der Waals surface area (Å²) in [5, 5.41) is 3.06. The first kappa shape index (κ1) is 13.1. The zero-order valence-corrected chi connectivity index (χ0v) is 11.6. The van der Waals surface area contributed by atoms with Gasteiger partial charge < -0.3 is 5.32 Å². The smallest absolute Gasteiger partial charge is 0.251 e. The van der Waals surface area contributed by atoms with Crippen molar-refractivity contribution < 1.29 is 4.79 Å². The summed E-state index contributed by atoms with van der Waals surface area (Å²) in [5.74, 6) is 0.524. The van der Waals surface area contributed by atoms with Gasteiger partial charge in [-0.3, -0.25) is 4.79 Å². The van der Waals surface area contributed by atoms with E-state index < -0.39 is 0 Å². The van der Waals surface area contributed by atoms with E-state index in [1.165, 1.54) is 30.4 Å². The van der Waals surface area contributed by atoms with Gasteiger partial charge in [0.2, 0.25) is 0 Å². The maximum absolute atomic E-state index is 12.1. The average molecular weight is 245 g/mol. The van der Waals surface area contributed by atoms with Gasteiger partial charge in [-0.2, -0.15) is 0 Å². The number of carbonyl (C=O) groups excluding carboxylic acids is 1. The van der Waals surface area contributed by atoms with E-state index in [1.807, 2.05) is 6.07 Å². The lowest BCUT2D eigenvalue weighted by Gasteiger charge is -2.19.